The summed E-state index contributed by atoms with van der Waals surface area (Å²) in [7, 11) is 0. The van der Waals surface area contributed by atoms with Gasteiger partial charge in [-0.1, -0.05) is 36.4 Å². The van der Waals surface area contributed by atoms with E-state index in [9.17, 15) is 4.79 Å². The predicted octanol–water partition coefficient (Wildman–Crippen LogP) is 4.30. The van der Waals surface area contributed by atoms with Crippen molar-refractivity contribution >= 4 is 11.6 Å². The zero-order valence-electron chi connectivity index (χ0n) is 13.7. The van der Waals surface area contributed by atoms with Crippen LogP contribution in [0.25, 0.3) is 0 Å². The van der Waals surface area contributed by atoms with Crippen molar-refractivity contribution < 1.29 is 4.79 Å². The zero-order chi connectivity index (χ0) is 17.3. The Labute approximate surface area is 146 Å². The van der Waals surface area contributed by atoms with E-state index in [-0.39, 0.29) is 5.91 Å². The molecule has 0 spiro atoms. The maximum atomic E-state index is 12.1. The lowest BCUT2D eigenvalue weighted by molar-refractivity contribution is 0.0950. The van der Waals surface area contributed by atoms with E-state index in [0.717, 1.165) is 16.9 Å². The number of carbonyl (C=O) groups excluding carboxylic acids is 1. The largest absolute Gasteiger partial charge is 0.346 e. The Balaban J connectivity index is 1.53. The van der Waals surface area contributed by atoms with E-state index in [1.54, 1.807) is 18.3 Å². The van der Waals surface area contributed by atoms with E-state index in [1.165, 1.54) is 0 Å². The summed E-state index contributed by atoms with van der Waals surface area (Å²) in [6.07, 6.45) is 1.71. The van der Waals surface area contributed by atoms with Gasteiger partial charge in [-0.25, -0.2) is 0 Å². The smallest absolute Gasteiger partial charge is 0.251 e. The molecule has 1 N–H and O–H groups in total. The van der Waals surface area contributed by atoms with Gasteiger partial charge in [-0.15, -0.1) is 0 Å². The minimum absolute atomic E-state index is 0.122. The van der Waals surface area contributed by atoms with Crippen LogP contribution in [0.5, 0.6) is 0 Å². The molecule has 0 aliphatic carbocycles. The number of nitrogens with one attached hydrogen (secondary N) is 1. The Bertz CT molecular complexity index is 831. The number of benzene rings is 2. The Morgan fingerprint density at radius 2 is 1.68 bits per heavy atom. The number of aromatic nitrogens is 1. The van der Waals surface area contributed by atoms with E-state index in [2.05, 4.69) is 20.5 Å². The van der Waals surface area contributed by atoms with Gasteiger partial charge in [0.15, 0.2) is 0 Å². The summed E-state index contributed by atoms with van der Waals surface area (Å²) >= 11 is 0. The van der Waals surface area contributed by atoms with E-state index < -0.39 is 0 Å². The monoisotopic (exact) mass is 330 g/mol. The summed E-state index contributed by atoms with van der Waals surface area (Å²) < 4.78 is 0. The van der Waals surface area contributed by atoms with Crippen LogP contribution in [0, 0.1) is 0 Å². The normalized spacial score (nSPS) is 10.7. The average molecular weight is 330 g/mol. The van der Waals surface area contributed by atoms with Crippen molar-refractivity contribution in [3.8, 4) is 0 Å². The van der Waals surface area contributed by atoms with Crippen LogP contribution in [0.1, 0.15) is 21.6 Å². The number of rotatable bonds is 6. The summed E-state index contributed by atoms with van der Waals surface area (Å²) in [5.74, 6) is -0.122. The molecule has 0 atom stereocenters. The van der Waals surface area contributed by atoms with Crippen molar-refractivity contribution in [2.24, 2.45) is 10.2 Å². The number of amides is 1. The van der Waals surface area contributed by atoms with Gasteiger partial charge < -0.3 is 5.32 Å². The molecule has 0 saturated carbocycles. The Morgan fingerprint density at radius 3 is 2.40 bits per heavy atom. The maximum absolute atomic E-state index is 12.1. The molecule has 3 rings (SSSR count). The average Bonchev–Trinajstić information content (AvgIpc) is 2.68. The quantitative estimate of drug-likeness (QED) is 0.685. The summed E-state index contributed by atoms with van der Waals surface area (Å²) in [5, 5.41) is 11.2. The number of carbonyl (C=O) groups is 1. The molecule has 5 heteroatoms. The molecule has 0 fully saturated rings. The molecule has 0 radical (unpaired) electrons. The van der Waals surface area contributed by atoms with Crippen LogP contribution in [0.15, 0.2) is 89.2 Å². The maximum Gasteiger partial charge on any atom is 0.251 e. The SMILES string of the molecule is O=C(NCc1ccccn1)c1ccc(CN=Nc2ccccc2)cc1. The van der Waals surface area contributed by atoms with Crippen LogP contribution in [0.4, 0.5) is 5.69 Å². The highest BCUT2D eigenvalue weighted by atomic mass is 16.1. The first kappa shape index (κ1) is 16.5. The molecule has 0 saturated heterocycles. The molecule has 1 amide bonds. The standard InChI is InChI=1S/C20H18N4O/c25-20(22-15-19-8-4-5-13-21-19)17-11-9-16(10-12-17)14-23-24-18-6-2-1-3-7-18/h1-13H,14-15H2,(H,22,25). The fraction of sp³-hybridized carbons (Fsp3) is 0.100. The Morgan fingerprint density at radius 1 is 0.920 bits per heavy atom. The van der Waals surface area contributed by atoms with Gasteiger partial charge in [-0.05, 0) is 42.0 Å². The van der Waals surface area contributed by atoms with Crippen molar-refractivity contribution in [1.29, 1.82) is 0 Å². The number of hydrogen-bond donors (Lipinski definition) is 1. The Hall–Kier alpha value is -3.34. The number of azo groups is 1. The van der Waals surface area contributed by atoms with Gasteiger partial charge in [0.25, 0.3) is 5.91 Å². The molecule has 25 heavy (non-hydrogen) atoms. The second kappa shape index (κ2) is 8.49. The topological polar surface area (TPSA) is 66.7 Å². The number of pyridine rings is 1. The van der Waals surface area contributed by atoms with Gasteiger partial charge in [0.1, 0.15) is 0 Å². The predicted molar refractivity (Wildman–Crippen MR) is 96.5 cm³/mol. The third-order valence-corrected chi connectivity index (χ3v) is 3.57. The van der Waals surface area contributed by atoms with Gasteiger partial charge in [0.2, 0.25) is 0 Å². The van der Waals surface area contributed by atoms with E-state index >= 15 is 0 Å². The van der Waals surface area contributed by atoms with Crippen LogP contribution in [-0.4, -0.2) is 10.9 Å². The van der Waals surface area contributed by atoms with E-state index in [1.807, 2.05) is 60.7 Å². The summed E-state index contributed by atoms with van der Waals surface area (Å²) in [6.45, 7) is 0.886. The van der Waals surface area contributed by atoms with Crippen molar-refractivity contribution in [3.05, 3.63) is 95.8 Å². The first-order valence-corrected chi connectivity index (χ1v) is 8.01. The summed E-state index contributed by atoms with van der Waals surface area (Å²) in [5.41, 5.74) is 3.27. The van der Waals surface area contributed by atoms with Gasteiger partial charge in [-0.2, -0.15) is 10.2 Å². The lowest BCUT2D eigenvalue weighted by Crippen LogP contribution is -2.23. The molecule has 1 heterocycles. The fourth-order valence-corrected chi connectivity index (χ4v) is 2.23. The highest BCUT2D eigenvalue weighted by molar-refractivity contribution is 5.94. The van der Waals surface area contributed by atoms with Gasteiger partial charge >= 0.3 is 0 Å². The van der Waals surface area contributed by atoms with Crippen molar-refractivity contribution in [2.75, 3.05) is 0 Å². The molecular weight excluding hydrogens is 312 g/mol. The van der Waals surface area contributed by atoms with Crippen molar-refractivity contribution in [2.45, 2.75) is 13.1 Å². The van der Waals surface area contributed by atoms with Crippen LogP contribution in [0.2, 0.25) is 0 Å². The first-order chi connectivity index (χ1) is 12.3. The molecule has 5 nitrogen and oxygen atoms in total. The van der Waals surface area contributed by atoms with Crippen LogP contribution in [0.3, 0.4) is 0 Å². The molecule has 124 valence electrons. The second-order valence-corrected chi connectivity index (χ2v) is 5.44. The van der Waals surface area contributed by atoms with Crippen LogP contribution >= 0.6 is 0 Å². The number of hydrogen-bond acceptors (Lipinski definition) is 4. The third-order valence-electron chi connectivity index (χ3n) is 3.57. The molecular formula is C20H18N4O. The molecule has 0 aliphatic heterocycles. The highest BCUT2D eigenvalue weighted by Gasteiger charge is 2.05. The first-order valence-electron chi connectivity index (χ1n) is 8.01. The summed E-state index contributed by atoms with van der Waals surface area (Å²) in [6, 6.07) is 22.6. The van der Waals surface area contributed by atoms with Crippen LogP contribution < -0.4 is 5.32 Å². The molecule has 2 aromatic carbocycles. The minimum atomic E-state index is -0.122. The Kier molecular flexibility index (Phi) is 5.61. The fourth-order valence-electron chi connectivity index (χ4n) is 2.23. The van der Waals surface area contributed by atoms with Gasteiger partial charge in [0, 0.05) is 11.8 Å². The minimum Gasteiger partial charge on any atom is -0.346 e. The van der Waals surface area contributed by atoms with E-state index in [4.69, 9.17) is 0 Å². The zero-order valence-corrected chi connectivity index (χ0v) is 13.7. The highest BCUT2D eigenvalue weighted by Crippen LogP contribution is 2.12. The van der Waals surface area contributed by atoms with Crippen LogP contribution in [-0.2, 0) is 13.1 Å². The lowest BCUT2D eigenvalue weighted by atomic mass is 10.1. The second-order valence-electron chi connectivity index (χ2n) is 5.44. The molecule has 0 bridgehead atoms. The van der Waals surface area contributed by atoms with Crippen molar-refractivity contribution in [3.63, 3.8) is 0 Å². The molecule has 0 aliphatic rings. The van der Waals surface area contributed by atoms with Gasteiger partial charge in [-0.3, -0.25) is 9.78 Å². The summed E-state index contributed by atoms with van der Waals surface area (Å²) in [4.78, 5) is 16.3. The molecule has 1 aromatic heterocycles. The lowest BCUT2D eigenvalue weighted by Gasteiger charge is -2.05. The van der Waals surface area contributed by atoms with Crippen molar-refractivity contribution in [1.82, 2.24) is 10.3 Å². The van der Waals surface area contributed by atoms with Gasteiger partial charge in [0.05, 0.1) is 24.5 Å². The number of nitrogens with zero attached hydrogens (tertiary/aromatic N) is 3. The third kappa shape index (κ3) is 5.07. The molecule has 3 aromatic rings. The molecule has 0 unspecified atom stereocenters. The van der Waals surface area contributed by atoms with E-state index in [0.29, 0.717) is 18.7 Å².